The Labute approximate surface area is 118 Å². The molecule has 118 valence electrons. The highest BCUT2D eigenvalue weighted by molar-refractivity contribution is 5.79. The largest absolute Gasteiger partial charge is 0.390 e. The summed E-state index contributed by atoms with van der Waals surface area (Å²) >= 11 is 0. The van der Waals surface area contributed by atoms with Gasteiger partial charge in [0.05, 0.1) is 13.0 Å². The number of nitrogens with zero attached hydrogens (tertiary/aromatic N) is 2. The predicted molar refractivity (Wildman–Crippen MR) is 74.9 cm³/mol. The summed E-state index contributed by atoms with van der Waals surface area (Å²) in [7, 11) is 4.03. The molecule has 0 aromatic rings. The SMILES string of the molecule is CCNC(=NCC(C1CC1)N(C)C)NCCC(F)(F)F. The lowest BCUT2D eigenvalue weighted by Crippen LogP contribution is -2.40. The fourth-order valence-electron chi connectivity index (χ4n) is 2.06. The van der Waals surface area contributed by atoms with Crippen LogP contribution < -0.4 is 10.6 Å². The van der Waals surface area contributed by atoms with Gasteiger partial charge >= 0.3 is 6.18 Å². The van der Waals surface area contributed by atoms with Crippen LogP contribution >= 0.6 is 0 Å². The van der Waals surface area contributed by atoms with Crippen molar-refractivity contribution in [1.82, 2.24) is 15.5 Å². The van der Waals surface area contributed by atoms with E-state index in [2.05, 4.69) is 20.5 Å². The number of rotatable bonds is 7. The molecule has 2 N–H and O–H groups in total. The molecule has 1 rings (SSSR count). The van der Waals surface area contributed by atoms with Gasteiger partial charge in [-0.25, -0.2) is 0 Å². The van der Waals surface area contributed by atoms with Gasteiger partial charge in [0.2, 0.25) is 0 Å². The van der Waals surface area contributed by atoms with Crippen molar-refractivity contribution in [2.24, 2.45) is 10.9 Å². The molecule has 0 spiro atoms. The van der Waals surface area contributed by atoms with Crippen LogP contribution in [0.15, 0.2) is 4.99 Å². The maximum atomic E-state index is 12.1. The van der Waals surface area contributed by atoms with Crippen LogP contribution in [0.5, 0.6) is 0 Å². The highest BCUT2D eigenvalue weighted by Gasteiger charge is 2.32. The summed E-state index contributed by atoms with van der Waals surface area (Å²) in [6.07, 6.45) is -2.55. The molecule has 0 saturated heterocycles. The number of halogens is 3. The highest BCUT2D eigenvalue weighted by atomic mass is 19.4. The van der Waals surface area contributed by atoms with Crippen molar-refractivity contribution in [3.8, 4) is 0 Å². The van der Waals surface area contributed by atoms with E-state index in [-0.39, 0.29) is 6.54 Å². The molecule has 1 aliphatic rings. The Morgan fingerprint density at radius 2 is 1.95 bits per heavy atom. The normalized spacial score (nSPS) is 18.2. The lowest BCUT2D eigenvalue weighted by Gasteiger charge is -2.23. The maximum Gasteiger partial charge on any atom is 0.390 e. The summed E-state index contributed by atoms with van der Waals surface area (Å²) in [5, 5.41) is 5.71. The third-order valence-corrected chi connectivity index (χ3v) is 3.31. The first kappa shape index (κ1) is 17.1. The van der Waals surface area contributed by atoms with Crippen LogP contribution in [0, 0.1) is 5.92 Å². The van der Waals surface area contributed by atoms with E-state index in [1.54, 1.807) is 0 Å². The maximum absolute atomic E-state index is 12.1. The van der Waals surface area contributed by atoms with Crippen molar-refractivity contribution in [3.63, 3.8) is 0 Å². The summed E-state index contributed by atoms with van der Waals surface area (Å²) in [6.45, 7) is 2.99. The summed E-state index contributed by atoms with van der Waals surface area (Å²) in [4.78, 5) is 6.54. The number of likely N-dealkylation sites (N-methyl/N-ethyl adjacent to an activating group) is 1. The van der Waals surface area contributed by atoms with E-state index in [1.807, 2.05) is 21.0 Å². The molecule has 0 heterocycles. The van der Waals surface area contributed by atoms with Gasteiger partial charge in [-0.3, -0.25) is 4.99 Å². The van der Waals surface area contributed by atoms with Crippen LogP contribution in [-0.4, -0.2) is 56.8 Å². The molecule has 0 aromatic carbocycles. The van der Waals surface area contributed by atoms with E-state index < -0.39 is 12.6 Å². The Balaban J connectivity index is 2.44. The Morgan fingerprint density at radius 3 is 2.40 bits per heavy atom. The fourth-order valence-corrected chi connectivity index (χ4v) is 2.06. The second-order valence-corrected chi connectivity index (χ2v) is 5.38. The van der Waals surface area contributed by atoms with Crippen LogP contribution in [0.2, 0.25) is 0 Å². The topological polar surface area (TPSA) is 39.7 Å². The van der Waals surface area contributed by atoms with Gasteiger partial charge in [0.25, 0.3) is 0 Å². The highest BCUT2D eigenvalue weighted by Crippen LogP contribution is 2.34. The molecule has 1 atom stereocenters. The van der Waals surface area contributed by atoms with E-state index >= 15 is 0 Å². The minimum absolute atomic E-state index is 0.147. The smallest absolute Gasteiger partial charge is 0.357 e. The molecule has 0 amide bonds. The molecule has 20 heavy (non-hydrogen) atoms. The number of alkyl halides is 3. The second-order valence-electron chi connectivity index (χ2n) is 5.38. The van der Waals surface area contributed by atoms with Crippen LogP contribution in [0.3, 0.4) is 0 Å². The van der Waals surface area contributed by atoms with Gasteiger partial charge in [0.1, 0.15) is 0 Å². The Hall–Kier alpha value is -0.980. The van der Waals surface area contributed by atoms with Crippen molar-refractivity contribution in [3.05, 3.63) is 0 Å². The van der Waals surface area contributed by atoms with Gasteiger partial charge < -0.3 is 15.5 Å². The van der Waals surface area contributed by atoms with Gasteiger partial charge in [0.15, 0.2) is 5.96 Å². The van der Waals surface area contributed by atoms with Gasteiger partial charge in [-0.05, 0) is 39.8 Å². The third kappa shape index (κ3) is 6.98. The lowest BCUT2D eigenvalue weighted by molar-refractivity contribution is -0.132. The van der Waals surface area contributed by atoms with Crippen molar-refractivity contribution in [2.75, 3.05) is 33.7 Å². The van der Waals surface area contributed by atoms with E-state index in [4.69, 9.17) is 0 Å². The summed E-state index contributed by atoms with van der Waals surface area (Å²) in [6, 6.07) is 0.369. The van der Waals surface area contributed by atoms with Gasteiger partial charge in [0, 0.05) is 19.1 Å². The number of aliphatic imine (C=N–C) groups is 1. The molecule has 0 bridgehead atoms. The molecular formula is C13H25F3N4. The first-order valence-electron chi connectivity index (χ1n) is 7.09. The molecule has 1 unspecified atom stereocenters. The average Bonchev–Trinajstić information content (AvgIpc) is 3.11. The number of guanidine groups is 1. The van der Waals surface area contributed by atoms with Crippen LogP contribution in [0.25, 0.3) is 0 Å². The molecule has 1 fully saturated rings. The first-order chi connectivity index (χ1) is 9.33. The van der Waals surface area contributed by atoms with E-state index in [9.17, 15) is 13.2 Å². The zero-order valence-electron chi connectivity index (χ0n) is 12.4. The van der Waals surface area contributed by atoms with Gasteiger partial charge in [-0.15, -0.1) is 0 Å². The minimum atomic E-state index is -4.13. The van der Waals surface area contributed by atoms with Crippen molar-refractivity contribution in [2.45, 2.75) is 38.4 Å². The van der Waals surface area contributed by atoms with Crippen molar-refractivity contribution < 1.29 is 13.2 Å². The van der Waals surface area contributed by atoms with Crippen molar-refractivity contribution >= 4 is 5.96 Å². The molecule has 4 nitrogen and oxygen atoms in total. The van der Waals surface area contributed by atoms with Crippen LogP contribution in [-0.2, 0) is 0 Å². The third-order valence-electron chi connectivity index (χ3n) is 3.31. The summed E-state index contributed by atoms with van der Waals surface area (Å²) < 4.78 is 36.4. The monoisotopic (exact) mass is 294 g/mol. The van der Waals surface area contributed by atoms with Crippen LogP contribution in [0.1, 0.15) is 26.2 Å². The molecule has 0 radical (unpaired) electrons. The Kier molecular flexibility index (Phi) is 6.58. The standard InChI is InChI=1S/C13H25F3N4/c1-4-17-12(18-8-7-13(14,15)16)19-9-11(20(2)3)10-5-6-10/h10-11H,4-9H2,1-3H3,(H2,17,18,19). The zero-order valence-corrected chi connectivity index (χ0v) is 12.4. The second kappa shape index (κ2) is 7.71. The molecule has 1 saturated carbocycles. The summed E-state index contributed by atoms with van der Waals surface area (Å²) in [5.74, 6) is 1.14. The number of hydrogen-bond donors (Lipinski definition) is 2. The predicted octanol–water partition coefficient (Wildman–Crippen LogP) is 1.83. The van der Waals surface area contributed by atoms with E-state index in [0.717, 1.165) is 0 Å². The molecule has 7 heteroatoms. The van der Waals surface area contributed by atoms with Gasteiger partial charge in [-0.1, -0.05) is 0 Å². The fraction of sp³-hybridized carbons (Fsp3) is 0.923. The molecule has 1 aliphatic carbocycles. The first-order valence-corrected chi connectivity index (χ1v) is 7.09. The number of nitrogens with one attached hydrogen (secondary N) is 2. The molecular weight excluding hydrogens is 269 g/mol. The average molecular weight is 294 g/mol. The minimum Gasteiger partial charge on any atom is -0.357 e. The summed E-state index contributed by atoms with van der Waals surface area (Å²) in [5.41, 5.74) is 0. The van der Waals surface area contributed by atoms with Gasteiger partial charge in [-0.2, -0.15) is 13.2 Å². The van der Waals surface area contributed by atoms with Crippen molar-refractivity contribution in [1.29, 1.82) is 0 Å². The van der Waals surface area contributed by atoms with Crippen LogP contribution in [0.4, 0.5) is 13.2 Å². The molecule has 0 aromatic heterocycles. The number of hydrogen-bond acceptors (Lipinski definition) is 2. The quantitative estimate of drug-likeness (QED) is 0.556. The lowest BCUT2D eigenvalue weighted by atomic mass is 10.2. The van der Waals surface area contributed by atoms with E-state index in [1.165, 1.54) is 12.8 Å². The Morgan fingerprint density at radius 1 is 1.30 bits per heavy atom. The zero-order chi connectivity index (χ0) is 15.2. The molecule has 0 aliphatic heterocycles. The van der Waals surface area contributed by atoms with E-state index in [0.29, 0.717) is 31.0 Å². The Bertz CT molecular complexity index is 309.